The molecule has 2 aromatic rings. The van der Waals surface area contributed by atoms with Gasteiger partial charge in [0.15, 0.2) is 0 Å². The zero-order valence-electron chi connectivity index (χ0n) is 14.2. The lowest BCUT2D eigenvalue weighted by atomic mass is 9.95. The van der Waals surface area contributed by atoms with Crippen LogP contribution in [-0.2, 0) is 11.0 Å². The van der Waals surface area contributed by atoms with Crippen LogP contribution in [0.2, 0.25) is 0 Å². The molecular formula is C18H20F3N3O. The highest BCUT2D eigenvalue weighted by atomic mass is 19.4. The van der Waals surface area contributed by atoms with Crippen LogP contribution in [0.5, 0.6) is 0 Å². The summed E-state index contributed by atoms with van der Waals surface area (Å²) in [5.41, 5.74) is 0.437. The number of anilines is 1. The highest BCUT2D eigenvalue weighted by Gasteiger charge is 2.31. The van der Waals surface area contributed by atoms with Gasteiger partial charge in [-0.25, -0.2) is 0 Å². The second-order valence-corrected chi connectivity index (χ2v) is 6.58. The van der Waals surface area contributed by atoms with E-state index >= 15 is 0 Å². The minimum Gasteiger partial charge on any atom is -0.370 e. The molecule has 1 atom stereocenters. The van der Waals surface area contributed by atoms with E-state index < -0.39 is 11.7 Å². The van der Waals surface area contributed by atoms with Gasteiger partial charge in [0, 0.05) is 44.5 Å². The Labute approximate surface area is 144 Å². The maximum absolute atomic E-state index is 12.9. The van der Waals surface area contributed by atoms with Gasteiger partial charge in [-0.2, -0.15) is 13.2 Å². The molecule has 1 aliphatic heterocycles. The fourth-order valence-corrected chi connectivity index (χ4v) is 3.35. The van der Waals surface area contributed by atoms with Crippen LogP contribution < -0.4 is 4.90 Å². The predicted molar refractivity (Wildman–Crippen MR) is 90.4 cm³/mol. The number of benzene rings is 1. The van der Waals surface area contributed by atoms with Crippen LogP contribution in [0.4, 0.5) is 18.9 Å². The Bertz CT molecular complexity index is 789. The molecule has 25 heavy (non-hydrogen) atoms. The van der Waals surface area contributed by atoms with Crippen molar-refractivity contribution in [3.05, 3.63) is 36.0 Å². The van der Waals surface area contributed by atoms with E-state index in [4.69, 9.17) is 0 Å². The standard InChI is InChI=1S/C18H20F3N3O/c1-23(2)17(25)12-4-3-9-24(11-12)16-7-8-22-15-10-13(18(19,20)21)5-6-14(15)16/h5-8,10,12H,3-4,9,11H2,1-2H3. The van der Waals surface area contributed by atoms with Gasteiger partial charge < -0.3 is 9.80 Å². The van der Waals surface area contributed by atoms with E-state index in [2.05, 4.69) is 9.88 Å². The molecule has 0 N–H and O–H groups in total. The van der Waals surface area contributed by atoms with Crippen LogP contribution in [0.3, 0.4) is 0 Å². The van der Waals surface area contributed by atoms with Gasteiger partial charge in [-0.15, -0.1) is 0 Å². The smallest absolute Gasteiger partial charge is 0.370 e. The summed E-state index contributed by atoms with van der Waals surface area (Å²) in [5.74, 6) is -0.0103. The number of amides is 1. The van der Waals surface area contributed by atoms with Crippen LogP contribution in [0.1, 0.15) is 18.4 Å². The number of hydrogen-bond acceptors (Lipinski definition) is 3. The van der Waals surface area contributed by atoms with Crippen molar-refractivity contribution in [2.24, 2.45) is 5.92 Å². The highest BCUT2D eigenvalue weighted by molar-refractivity contribution is 5.92. The molecule has 1 aromatic heterocycles. The molecule has 4 nitrogen and oxygen atoms in total. The molecule has 0 aliphatic carbocycles. The Kier molecular flexibility index (Phi) is 4.58. The summed E-state index contributed by atoms with van der Waals surface area (Å²) in [4.78, 5) is 20.0. The Morgan fingerprint density at radius 3 is 2.72 bits per heavy atom. The lowest BCUT2D eigenvalue weighted by molar-refractivity contribution is -0.137. The van der Waals surface area contributed by atoms with Crippen LogP contribution in [0, 0.1) is 5.92 Å². The van der Waals surface area contributed by atoms with Gasteiger partial charge in [0.05, 0.1) is 17.0 Å². The number of halogens is 3. The first-order valence-corrected chi connectivity index (χ1v) is 8.19. The van der Waals surface area contributed by atoms with Crippen molar-refractivity contribution >= 4 is 22.5 Å². The first kappa shape index (κ1) is 17.5. The molecule has 1 amide bonds. The normalized spacial score (nSPS) is 18.4. The Morgan fingerprint density at radius 1 is 1.28 bits per heavy atom. The molecule has 0 radical (unpaired) electrons. The maximum Gasteiger partial charge on any atom is 0.416 e. The second-order valence-electron chi connectivity index (χ2n) is 6.58. The fourth-order valence-electron chi connectivity index (χ4n) is 3.35. The molecule has 2 heterocycles. The van der Waals surface area contributed by atoms with E-state index in [9.17, 15) is 18.0 Å². The number of pyridine rings is 1. The summed E-state index contributed by atoms with van der Waals surface area (Å²) in [5, 5.41) is 0.674. The molecule has 3 rings (SSSR count). The summed E-state index contributed by atoms with van der Waals surface area (Å²) in [7, 11) is 3.48. The number of nitrogens with zero attached hydrogens (tertiary/aromatic N) is 3. The van der Waals surface area contributed by atoms with Crippen LogP contribution in [-0.4, -0.2) is 43.0 Å². The van der Waals surface area contributed by atoms with Crippen molar-refractivity contribution in [3.8, 4) is 0 Å². The average molecular weight is 351 g/mol. The molecule has 0 bridgehead atoms. The summed E-state index contributed by atoms with van der Waals surface area (Å²) in [6.45, 7) is 1.34. The number of hydrogen-bond donors (Lipinski definition) is 0. The molecule has 1 unspecified atom stereocenters. The van der Waals surface area contributed by atoms with Crippen LogP contribution >= 0.6 is 0 Å². The lowest BCUT2D eigenvalue weighted by Crippen LogP contribution is -2.42. The van der Waals surface area contributed by atoms with E-state index in [0.29, 0.717) is 17.4 Å². The Balaban J connectivity index is 1.94. The van der Waals surface area contributed by atoms with Gasteiger partial charge in [0.2, 0.25) is 5.91 Å². The van der Waals surface area contributed by atoms with Gasteiger partial charge in [0.25, 0.3) is 0 Å². The highest BCUT2D eigenvalue weighted by Crippen LogP contribution is 2.34. The minimum absolute atomic E-state index is 0.0856. The van der Waals surface area contributed by atoms with E-state index in [0.717, 1.165) is 37.2 Å². The molecule has 134 valence electrons. The number of aromatic nitrogens is 1. The minimum atomic E-state index is -4.39. The number of carbonyl (C=O) groups excluding carboxylic acids is 1. The van der Waals surface area contributed by atoms with Crippen molar-refractivity contribution < 1.29 is 18.0 Å². The van der Waals surface area contributed by atoms with Gasteiger partial charge in [0.1, 0.15) is 0 Å². The van der Waals surface area contributed by atoms with E-state index in [1.165, 1.54) is 12.3 Å². The molecule has 0 saturated carbocycles. The number of alkyl halides is 3. The third-order valence-corrected chi connectivity index (χ3v) is 4.60. The molecule has 1 fully saturated rings. The Hall–Kier alpha value is -2.31. The third kappa shape index (κ3) is 3.55. The lowest BCUT2D eigenvalue weighted by Gasteiger charge is -2.35. The maximum atomic E-state index is 12.9. The first-order chi connectivity index (χ1) is 11.8. The molecular weight excluding hydrogens is 331 g/mol. The van der Waals surface area contributed by atoms with Crippen molar-refractivity contribution in [2.75, 3.05) is 32.1 Å². The van der Waals surface area contributed by atoms with Gasteiger partial charge in [-0.3, -0.25) is 9.78 Å². The first-order valence-electron chi connectivity index (χ1n) is 8.19. The topological polar surface area (TPSA) is 36.4 Å². The molecule has 7 heteroatoms. The SMILES string of the molecule is CN(C)C(=O)C1CCCN(c2ccnc3cc(C(F)(F)F)ccc23)C1. The molecule has 0 spiro atoms. The summed E-state index contributed by atoms with van der Waals surface area (Å²) < 4.78 is 38.7. The van der Waals surface area contributed by atoms with E-state index in [1.54, 1.807) is 25.1 Å². The van der Waals surface area contributed by atoms with Crippen LogP contribution in [0.15, 0.2) is 30.5 Å². The number of piperidine rings is 1. The van der Waals surface area contributed by atoms with E-state index in [1.807, 2.05) is 0 Å². The van der Waals surface area contributed by atoms with Crippen molar-refractivity contribution in [3.63, 3.8) is 0 Å². The summed E-state index contributed by atoms with van der Waals surface area (Å²) in [6, 6.07) is 5.43. The summed E-state index contributed by atoms with van der Waals surface area (Å²) in [6.07, 6.45) is -1.17. The van der Waals surface area contributed by atoms with Gasteiger partial charge in [-0.1, -0.05) is 6.07 Å². The van der Waals surface area contributed by atoms with Crippen molar-refractivity contribution in [2.45, 2.75) is 19.0 Å². The number of rotatable bonds is 2. The fraction of sp³-hybridized carbons (Fsp3) is 0.444. The van der Waals surface area contributed by atoms with Crippen molar-refractivity contribution in [1.82, 2.24) is 9.88 Å². The number of fused-ring (bicyclic) bond motifs is 1. The summed E-state index contributed by atoms with van der Waals surface area (Å²) >= 11 is 0. The average Bonchev–Trinajstić information content (AvgIpc) is 2.59. The van der Waals surface area contributed by atoms with Crippen LogP contribution in [0.25, 0.3) is 10.9 Å². The predicted octanol–water partition coefficient (Wildman–Crippen LogP) is 3.56. The Morgan fingerprint density at radius 2 is 2.04 bits per heavy atom. The van der Waals surface area contributed by atoms with E-state index in [-0.39, 0.29) is 11.8 Å². The quantitative estimate of drug-likeness (QED) is 0.830. The molecule has 1 saturated heterocycles. The number of carbonyl (C=O) groups is 1. The zero-order chi connectivity index (χ0) is 18.2. The zero-order valence-corrected chi connectivity index (χ0v) is 14.2. The monoisotopic (exact) mass is 351 g/mol. The molecule has 1 aromatic carbocycles. The van der Waals surface area contributed by atoms with Gasteiger partial charge >= 0.3 is 6.18 Å². The van der Waals surface area contributed by atoms with Gasteiger partial charge in [-0.05, 0) is 31.0 Å². The molecule has 1 aliphatic rings. The second kappa shape index (κ2) is 6.54. The third-order valence-electron chi connectivity index (χ3n) is 4.60. The van der Waals surface area contributed by atoms with Crippen molar-refractivity contribution in [1.29, 1.82) is 0 Å². The largest absolute Gasteiger partial charge is 0.416 e.